The third kappa shape index (κ3) is 10.8. The molecule has 0 rings (SSSR count). The van der Waals surface area contributed by atoms with E-state index in [0.717, 1.165) is 0 Å². The molecule has 0 aromatic carbocycles. The van der Waals surface area contributed by atoms with Crippen LogP contribution in [0.5, 0.6) is 0 Å². The van der Waals surface area contributed by atoms with Crippen molar-refractivity contribution in [1.29, 1.82) is 0 Å². The van der Waals surface area contributed by atoms with E-state index in [1.807, 2.05) is 20.8 Å². The summed E-state index contributed by atoms with van der Waals surface area (Å²) in [6.07, 6.45) is 0.475. The molecule has 5 unspecified atom stereocenters. The topological polar surface area (TPSA) is 194 Å². The fraction of sp³-hybridized carbons (Fsp3) is 0.750. The molecule has 31 heavy (non-hydrogen) atoms. The monoisotopic (exact) mass is 443 g/mol. The van der Waals surface area contributed by atoms with E-state index in [9.17, 15) is 29.1 Å². The van der Waals surface area contributed by atoms with Crippen molar-refractivity contribution in [3.63, 3.8) is 0 Å². The minimum Gasteiger partial charge on any atom is -0.480 e. The number of aliphatic carboxylic acids is 1. The number of hydrogen-bond acceptors (Lipinski definition) is 6. The number of carbonyl (C=O) groups excluding carboxylic acids is 4. The van der Waals surface area contributed by atoms with Crippen molar-refractivity contribution in [1.82, 2.24) is 16.0 Å². The van der Waals surface area contributed by atoms with E-state index < -0.39 is 53.8 Å². The number of nitrogens with one attached hydrogen (secondary N) is 3. The highest BCUT2D eigenvalue weighted by Crippen LogP contribution is 2.12. The average molecular weight is 444 g/mol. The summed E-state index contributed by atoms with van der Waals surface area (Å²) in [4.78, 5) is 60.1. The van der Waals surface area contributed by atoms with E-state index in [1.54, 1.807) is 6.92 Å². The third-order valence-corrected chi connectivity index (χ3v) is 4.84. The van der Waals surface area contributed by atoms with E-state index >= 15 is 0 Å². The lowest BCUT2D eigenvalue weighted by atomic mass is 9.96. The lowest BCUT2D eigenvalue weighted by molar-refractivity contribution is -0.143. The highest BCUT2D eigenvalue weighted by atomic mass is 16.4. The second kappa shape index (κ2) is 13.6. The maximum absolute atomic E-state index is 12.9. The van der Waals surface area contributed by atoms with Gasteiger partial charge in [-0.25, -0.2) is 4.79 Å². The predicted molar refractivity (Wildman–Crippen MR) is 114 cm³/mol. The molecule has 0 aromatic heterocycles. The maximum atomic E-state index is 12.9. The standard InChI is InChI=1S/C20H37N5O6/c1-6-11(4)16(19(29)23-13(20(30)31)7-8-15(22)26)25-18(28)14(9-10(2)3)24-17(27)12(5)21/h10-14,16H,6-9,21H2,1-5H3,(H2,22,26)(H,23,29)(H,24,27)(H,25,28)(H,30,31). The van der Waals surface area contributed by atoms with Crippen molar-refractivity contribution < 1.29 is 29.1 Å². The second-order valence-corrected chi connectivity index (χ2v) is 8.26. The number of nitrogens with two attached hydrogens (primary N) is 2. The molecule has 0 saturated carbocycles. The van der Waals surface area contributed by atoms with Gasteiger partial charge in [-0.15, -0.1) is 0 Å². The lowest BCUT2D eigenvalue weighted by Crippen LogP contribution is -2.58. The molecule has 0 aliphatic heterocycles. The highest BCUT2D eigenvalue weighted by molar-refractivity contribution is 5.94. The van der Waals surface area contributed by atoms with Crippen LogP contribution in [0.2, 0.25) is 0 Å². The molecule has 0 radical (unpaired) electrons. The van der Waals surface area contributed by atoms with Crippen molar-refractivity contribution in [3.05, 3.63) is 0 Å². The van der Waals surface area contributed by atoms with Gasteiger partial charge >= 0.3 is 5.97 Å². The fourth-order valence-electron chi connectivity index (χ4n) is 2.77. The number of primary amides is 1. The summed E-state index contributed by atoms with van der Waals surface area (Å²) in [6, 6.07) is -4.07. The molecule has 11 nitrogen and oxygen atoms in total. The van der Waals surface area contributed by atoms with Crippen molar-refractivity contribution >= 4 is 29.6 Å². The maximum Gasteiger partial charge on any atom is 0.326 e. The quantitative estimate of drug-likeness (QED) is 0.203. The van der Waals surface area contributed by atoms with Gasteiger partial charge in [0.15, 0.2) is 0 Å². The predicted octanol–water partition coefficient (Wildman–Crippen LogP) is -0.770. The molecule has 4 amide bonds. The minimum absolute atomic E-state index is 0.0743. The van der Waals surface area contributed by atoms with E-state index in [-0.39, 0.29) is 24.7 Å². The molecule has 11 heteroatoms. The number of hydrogen-bond donors (Lipinski definition) is 6. The number of amides is 4. The molecule has 0 saturated heterocycles. The number of carbonyl (C=O) groups is 5. The van der Waals surface area contributed by atoms with Gasteiger partial charge in [0.2, 0.25) is 23.6 Å². The number of carboxylic acids is 1. The van der Waals surface area contributed by atoms with E-state index in [4.69, 9.17) is 11.5 Å². The molecule has 0 aromatic rings. The Morgan fingerprint density at radius 2 is 1.42 bits per heavy atom. The minimum atomic E-state index is -1.33. The highest BCUT2D eigenvalue weighted by Gasteiger charge is 2.32. The number of rotatable bonds is 14. The van der Waals surface area contributed by atoms with Gasteiger partial charge in [-0.2, -0.15) is 0 Å². The van der Waals surface area contributed by atoms with E-state index in [0.29, 0.717) is 12.8 Å². The molecule has 0 bridgehead atoms. The van der Waals surface area contributed by atoms with Crippen LogP contribution in [0.4, 0.5) is 0 Å². The lowest BCUT2D eigenvalue weighted by Gasteiger charge is -2.28. The normalized spacial score (nSPS) is 15.8. The molecular weight excluding hydrogens is 406 g/mol. The van der Waals surface area contributed by atoms with E-state index in [2.05, 4.69) is 16.0 Å². The second-order valence-electron chi connectivity index (χ2n) is 8.26. The van der Waals surface area contributed by atoms with Crippen LogP contribution in [-0.2, 0) is 24.0 Å². The Balaban J connectivity index is 5.48. The van der Waals surface area contributed by atoms with Crippen molar-refractivity contribution in [3.8, 4) is 0 Å². The van der Waals surface area contributed by atoms with E-state index in [1.165, 1.54) is 6.92 Å². The van der Waals surface area contributed by atoms with Crippen LogP contribution < -0.4 is 27.4 Å². The zero-order chi connectivity index (χ0) is 24.3. The summed E-state index contributed by atoms with van der Waals surface area (Å²) >= 11 is 0. The SMILES string of the molecule is CCC(C)C(NC(=O)C(CC(C)C)NC(=O)C(C)N)C(=O)NC(CCC(N)=O)C(=O)O. The smallest absolute Gasteiger partial charge is 0.326 e. The Hall–Kier alpha value is -2.69. The Bertz CT molecular complexity index is 652. The van der Waals surface area contributed by atoms with Crippen LogP contribution in [-0.4, -0.2) is 58.9 Å². The Labute approximate surface area is 183 Å². The number of carboxylic acid groups (broad SMARTS) is 1. The zero-order valence-corrected chi connectivity index (χ0v) is 18.9. The molecule has 0 spiro atoms. The zero-order valence-electron chi connectivity index (χ0n) is 18.9. The molecule has 178 valence electrons. The van der Waals surface area contributed by atoms with Gasteiger partial charge in [-0.1, -0.05) is 34.1 Å². The Morgan fingerprint density at radius 3 is 1.84 bits per heavy atom. The third-order valence-electron chi connectivity index (χ3n) is 4.84. The van der Waals surface area contributed by atoms with Crippen LogP contribution in [0.15, 0.2) is 0 Å². The van der Waals surface area contributed by atoms with Crippen molar-refractivity contribution in [2.45, 2.75) is 84.5 Å². The van der Waals surface area contributed by atoms with Crippen LogP contribution in [0.25, 0.3) is 0 Å². The van der Waals surface area contributed by atoms with Gasteiger partial charge < -0.3 is 32.5 Å². The summed E-state index contributed by atoms with van der Waals surface area (Å²) in [5.41, 5.74) is 10.6. The van der Waals surface area contributed by atoms with Gasteiger partial charge in [0.25, 0.3) is 0 Å². The summed E-state index contributed by atoms with van der Waals surface area (Å²) in [5.74, 6) is -4.00. The molecule has 0 aliphatic carbocycles. The molecule has 0 heterocycles. The first-order valence-corrected chi connectivity index (χ1v) is 10.5. The summed E-state index contributed by atoms with van der Waals surface area (Å²) in [6.45, 7) is 8.82. The van der Waals surface area contributed by atoms with Gasteiger partial charge in [-0.05, 0) is 31.6 Å². The molecule has 5 atom stereocenters. The fourth-order valence-corrected chi connectivity index (χ4v) is 2.77. The summed E-state index contributed by atoms with van der Waals surface area (Å²) in [5, 5.41) is 16.9. The average Bonchev–Trinajstić information content (AvgIpc) is 2.66. The van der Waals surface area contributed by atoms with Crippen LogP contribution in [0.1, 0.15) is 60.3 Å². The molecule has 8 N–H and O–H groups in total. The van der Waals surface area contributed by atoms with Gasteiger partial charge in [0.05, 0.1) is 6.04 Å². The first-order valence-electron chi connectivity index (χ1n) is 10.5. The van der Waals surface area contributed by atoms with Gasteiger partial charge in [-0.3, -0.25) is 19.2 Å². The molecular formula is C20H37N5O6. The van der Waals surface area contributed by atoms with Gasteiger partial charge in [0, 0.05) is 6.42 Å². The first-order chi connectivity index (χ1) is 14.3. The summed E-state index contributed by atoms with van der Waals surface area (Å²) in [7, 11) is 0. The Morgan fingerprint density at radius 1 is 0.871 bits per heavy atom. The van der Waals surface area contributed by atoms with Crippen LogP contribution >= 0.6 is 0 Å². The van der Waals surface area contributed by atoms with Crippen LogP contribution in [0.3, 0.4) is 0 Å². The first kappa shape index (κ1) is 28.3. The van der Waals surface area contributed by atoms with Crippen LogP contribution in [0, 0.1) is 11.8 Å². The van der Waals surface area contributed by atoms with Crippen molar-refractivity contribution in [2.75, 3.05) is 0 Å². The molecule has 0 fully saturated rings. The Kier molecular flexibility index (Phi) is 12.4. The van der Waals surface area contributed by atoms with Crippen molar-refractivity contribution in [2.24, 2.45) is 23.3 Å². The van der Waals surface area contributed by atoms with Gasteiger partial charge in [0.1, 0.15) is 18.1 Å². The molecule has 0 aliphatic rings. The summed E-state index contributed by atoms with van der Waals surface area (Å²) < 4.78 is 0. The largest absolute Gasteiger partial charge is 0.480 e.